The highest BCUT2D eigenvalue weighted by atomic mass is 32.2. The van der Waals surface area contributed by atoms with E-state index >= 15 is 0 Å². The number of rotatable bonds is 4. The fraction of sp³-hybridized carbons (Fsp3) is 0.400. The summed E-state index contributed by atoms with van der Waals surface area (Å²) in [5, 5.41) is 3.51. The first-order valence-electron chi connectivity index (χ1n) is 9.23. The molecule has 0 radical (unpaired) electrons. The van der Waals surface area contributed by atoms with Crippen LogP contribution < -0.4 is 5.32 Å². The van der Waals surface area contributed by atoms with Crippen LogP contribution in [0.3, 0.4) is 0 Å². The smallest absolute Gasteiger partial charge is 0.243 e. The fourth-order valence-electron chi connectivity index (χ4n) is 4.46. The lowest BCUT2D eigenvalue weighted by Gasteiger charge is -2.27. The average Bonchev–Trinajstić information content (AvgIpc) is 3.37. The van der Waals surface area contributed by atoms with Crippen LogP contribution >= 0.6 is 0 Å². The Bertz CT molecular complexity index is 901. The Hall–Kier alpha value is -1.73. The minimum Gasteiger partial charge on any atom is -0.311 e. The lowest BCUT2D eigenvalue weighted by atomic mass is 10.1. The summed E-state index contributed by atoms with van der Waals surface area (Å²) < 4.78 is 27.5. The molecule has 0 aromatic heterocycles. The molecule has 2 aromatic carbocycles. The Morgan fingerprint density at radius 1 is 1.00 bits per heavy atom. The van der Waals surface area contributed by atoms with Crippen molar-refractivity contribution < 1.29 is 8.42 Å². The summed E-state index contributed by atoms with van der Waals surface area (Å²) in [7, 11) is -3.45. The minimum atomic E-state index is -3.45. The Labute approximate surface area is 154 Å². The lowest BCUT2D eigenvalue weighted by Crippen LogP contribution is -2.42. The van der Waals surface area contributed by atoms with E-state index in [4.69, 9.17) is 0 Å². The van der Waals surface area contributed by atoms with Crippen LogP contribution in [-0.4, -0.2) is 42.8 Å². The van der Waals surface area contributed by atoms with E-state index < -0.39 is 10.0 Å². The van der Waals surface area contributed by atoms with E-state index in [1.165, 1.54) is 12.0 Å². The second-order valence-corrected chi connectivity index (χ2v) is 9.55. The van der Waals surface area contributed by atoms with Gasteiger partial charge in [0.2, 0.25) is 10.0 Å². The zero-order valence-corrected chi connectivity index (χ0v) is 15.5. The van der Waals surface area contributed by atoms with Gasteiger partial charge in [0.25, 0.3) is 0 Å². The highest BCUT2D eigenvalue weighted by Gasteiger charge is 2.37. The van der Waals surface area contributed by atoms with E-state index in [1.807, 2.05) is 36.4 Å². The topological polar surface area (TPSA) is 52.7 Å². The summed E-state index contributed by atoms with van der Waals surface area (Å²) in [6.45, 7) is 4.00. The van der Waals surface area contributed by atoms with Crippen LogP contribution in [0, 0.1) is 0 Å². The maximum atomic E-state index is 13.0. The molecule has 2 atom stereocenters. The Morgan fingerprint density at radius 2 is 1.69 bits per heavy atom. The Balaban J connectivity index is 1.31. The molecular weight excluding hydrogens is 346 g/mol. The molecular formula is C20H23N3O2S. The van der Waals surface area contributed by atoms with E-state index in [9.17, 15) is 8.42 Å². The van der Waals surface area contributed by atoms with Crippen LogP contribution in [0.25, 0.3) is 0 Å². The largest absolute Gasteiger partial charge is 0.311 e. The predicted octanol–water partition coefficient (Wildman–Crippen LogP) is 1.94. The van der Waals surface area contributed by atoms with Crippen molar-refractivity contribution in [1.82, 2.24) is 14.5 Å². The molecule has 6 heteroatoms. The summed E-state index contributed by atoms with van der Waals surface area (Å²) in [6, 6.07) is 16.7. The maximum absolute atomic E-state index is 13.0. The average molecular weight is 369 g/mol. The molecule has 2 aromatic rings. The van der Waals surface area contributed by atoms with E-state index in [0.29, 0.717) is 30.1 Å². The van der Waals surface area contributed by atoms with Crippen molar-refractivity contribution in [3.8, 4) is 0 Å². The van der Waals surface area contributed by atoms with Crippen molar-refractivity contribution in [3.05, 3.63) is 65.2 Å². The van der Waals surface area contributed by atoms with Crippen molar-refractivity contribution >= 4 is 10.0 Å². The van der Waals surface area contributed by atoms with Crippen molar-refractivity contribution in [2.24, 2.45) is 0 Å². The third-order valence-electron chi connectivity index (χ3n) is 5.93. The van der Waals surface area contributed by atoms with Crippen molar-refractivity contribution in [2.75, 3.05) is 13.1 Å². The number of likely N-dealkylation sites (tertiary alicyclic amines) is 1. The molecule has 0 aliphatic carbocycles. The van der Waals surface area contributed by atoms with Gasteiger partial charge in [-0.15, -0.1) is 0 Å². The molecule has 3 aliphatic rings. The molecule has 0 spiro atoms. The Kier molecular flexibility index (Phi) is 3.90. The monoisotopic (exact) mass is 369 g/mol. The molecule has 5 nitrogen and oxygen atoms in total. The molecule has 2 bridgehead atoms. The summed E-state index contributed by atoms with van der Waals surface area (Å²) >= 11 is 0. The molecule has 1 N–H and O–H groups in total. The van der Waals surface area contributed by atoms with Gasteiger partial charge in [-0.1, -0.05) is 36.4 Å². The molecule has 5 rings (SSSR count). The number of benzene rings is 2. The van der Waals surface area contributed by atoms with Crippen LogP contribution in [0.15, 0.2) is 53.4 Å². The molecule has 3 aliphatic heterocycles. The van der Waals surface area contributed by atoms with Gasteiger partial charge in [-0.2, -0.15) is 4.31 Å². The summed E-state index contributed by atoms with van der Waals surface area (Å²) in [5.41, 5.74) is 3.39. The second kappa shape index (κ2) is 6.16. The minimum absolute atomic E-state index is 0.388. The van der Waals surface area contributed by atoms with E-state index in [0.717, 1.165) is 30.8 Å². The number of fused-ring (bicyclic) bond motifs is 3. The summed E-state index contributed by atoms with van der Waals surface area (Å²) in [4.78, 5) is 2.89. The van der Waals surface area contributed by atoms with Gasteiger partial charge < -0.3 is 5.32 Å². The number of hydrogen-bond acceptors (Lipinski definition) is 4. The van der Waals surface area contributed by atoms with Crippen LogP contribution in [0.2, 0.25) is 0 Å². The highest BCUT2D eigenvalue weighted by Crippen LogP contribution is 2.29. The summed E-state index contributed by atoms with van der Waals surface area (Å²) in [6.07, 6.45) is 1.24. The SMILES string of the molecule is O=S(=O)(c1ccc(CN2CC3CC2CN3)cc1)N1Cc2ccccc2C1. The first kappa shape index (κ1) is 16.4. The summed E-state index contributed by atoms with van der Waals surface area (Å²) in [5.74, 6) is 0. The normalized spacial score (nSPS) is 25.7. The zero-order valence-electron chi connectivity index (χ0n) is 14.6. The van der Waals surface area contributed by atoms with Gasteiger partial charge >= 0.3 is 0 Å². The van der Waals surface area contributed by atoms with Gasteiger partial charge in [0.05, 0.1) is 4.90 Å². The van der Waals surface area contributed by atoms with Crippen LogP contribution in [0.5, 0.6) is 0 Å². The van der Waals surface area contributed by atoms with E-state index in [-0.39, 0.29) is 0 Å². The number of nitrogens with one attached hydrogen (secondary N) is 1. The van der Waals surface area contributed by atoms with Gasteiger partial charge in [0.1, 0.15) is 0 Å². The van der Waals surface area contributed by atoms with Crippen LogP contribution in [0.4, 0.5) is 0 Å². The van der Waals surface area contributed by atoms with E-state index in [1.54, 1.807) is 16.4 Å². The lowest BCUT2D eigenvalue weighted by molar-refractivity contribution is 0.218. The molecule has 0 amide bonds. The number of piperazine rings is 1. The molecule has 2 saturated heterocycles. The Morgan fingerprint density at radius 3 is 2.27 bits per heavy atom. The van der Waals surface area contributed by atoms with Crippen molar-refractivity contribution in [1.29, 1.82) is 0 Å². The van der Waals surface area contributed by atoms with Gasteiger partial charge in [-0.25, -0.2) is 8.42 Å². The maximum Gasteiger partial charge on any atom is 0.243 e. The fourth-order valence-corrected chi connectivity index (χ4v) is 5.86. The molecule has 2 fully saturated rings. The van der Waals surface area contributed by atoms with Gasteiger partial charge in [-0.05, 0) is 35.2 Å². The number of sulfonamides is 1. The van der Waals surface area contributed by atoms with E-state index in [2.05, 4.69) is 10.2 Å². The van der Waals surface area contributed by atoms with Gasteiger partial charge in [0.15, 0.2) is 0 Å². The molecule has 2 unspecified atom stereocenters. The van der Waals surface area contributed by atoms with Crippen LogP contribution in [-0.2, 0) is 29.7 Å². The third-order valence-corrected chi connectivity index (χ3v) is 7.73. The first-order chi connectivity index (χ1) is 12.6. The molecule has 26 heavy (non-hydrogen) atoms. The number of nitrogens with zero attached hydrogens (tertiary/aromatic N) is 2. The van der Waals surface area contributed by atoms with Crippen molar-refractivity contribution in [2.45, 2.75) is 43.0 Å². The molecule has 136 valence electrons. The zero-order chi connectivity index (χ0) is 17.7. The highest BCUT2D eigenvalue weighted by molar-refractivity contribution is 7.89. The second-order valence-electron chi connectivity index (χ2n) is 7.61. The van der Waals surface area contributed by atoms with Crippen LogP contribution in [0.1, 0.15) is 23.1 Å². The molecule has 3 heterocycles. The standard InChI is InChI=1S/C20H23N3O2S/c24-26(25,23-12-16-3-1-2-4-17(16)13-23)20-7-5-15(6-8-20)11-22-14-18-9-19(22)10-21-18/h1-8,18-19,21H,9-14H2. The predicted molar refractivity (Wildman–Crippen MR) is 99.9 cm³/mol. The number of hydrogen-bond donors (Lipinski definition) is 1. The van der Waals surface area contributed by atoms with Crippen molar-refractivity contribution in [3.63, 3.8) is 0 Å². The molecule has 0 saturated carbocycles. The van der Waals surface area contributed by atoms with Gasteiger partial charge in [-0.3, -0.25) is 4.90 Å². The van der Waals surface area contributed by atoms with Gasteiger partial charge in [0, 0.05) is 44.8 Å². The first-order valence-corrected chi connectivity index (χ1v) is 10.7. The third kappa shape index (κ3) is 2.77. The quantitative estimate of drug-likeness (QED) is 0.895.